The average molecular weight is 484 g/mol. The first-order valence-corrected chi connectivity index (χ1v) is 10.9. The minimum absolute atomic E-state index is 0.0158. The van der Waals surface area contributed by atoms with Crippen molar-refractivity contribution in [3.05, 3.63) is 89.0 Å². The minimum Gasteiger partial charge on any atom is -0.378 e. The van der Waals surface area contributed by atoms with E-state index < -0.39 is 35.4 Å². The number of morpholine rings is 1. The molecule has 0 saturated carbocycles. The number of carbonyl (C=O) groups is 2. The summed E-state index contributed by atoms with van der Waals surface area (Å²) in [5.74, 6) is -3.58. The Balaban J connectivity index is 1.75. The standard InChI is InChI=1S/C25H23F3N4O3/c26-16-8-14(9-17(27)12-16)10-21(32-25(34)22-13-35-7-6-30-22)23-18(2-1-5-31-23)15-3-4-20(28)19(11-15)24(29)33/h1-5,8-9,11-12,21-22,30H,6-7,10,13H2,(H2,29,33)(H,32,34)/t21-,22+/m0/s1. The molecule has 0 bridgehead atoms. The van der Waals surface area contributed by atoms with Crippen molar-refractivity contribution in [3.63, 3.8) is 0 Å². The van der Waals surface area contributed by atoms with Gasteiger partial charge in [0.1, 0.15) is 23.5 Å². The number of pyridine rings is 1. The topological polar surface area (TPSA) is 106 Å². The lowest BCUT2D eigenvalue weighted by Crippen LogP contribution is -2.52. The SMILES string of the molecule is NC(=O)c1cc(-c2cccnc2[C@H](Cc2cc(F)cc(F)c2)NC(=O)[C@H]2COCCN2)ccc1F. The number of nitrogens with zero attached hydrogens (tertiary/aromatic N) is 1. The number of aromatic nitrogens is 1. The summed E-state index contributed by atoms with van der Waals surface area (Å²) in [5, 5.41) is 5.95. The van der Waals surface area contributed by atoms with Gasteiger partial charge >= 0.3 is 0 Å². The van der Waals surface area contributed by atoms with Crippen LogP contribution in [0.1, 0.15) is 27.7 Å². The molecular formula is C25H23F3N4O3. The van der Waals surface area contributed by atoms with Gasteiger partial charge in [-0.05, 0) is 47.9 Å². The molecule has 4 rings (SSSR count). The first kappa shape index (κ1) is 24.4. The van der Waals surface area contributed by atoms with Gasteiger partial charge in [-0.1, -0.05) is 12.1 Å². The van der Waals surface area contributed by atoms with Crippen molar-refractivity contribution >= 4 is 11.8 Å². The van der Waals surface area contributed by atoms with Crippen LogP contribution in [0.15, 0.2) is 54.7 Å². The number of rotatable bonds is 7. The van der Waals surface area contributed by atoms with E-state index in [0.717, 1.165) is 12.1 Å². The fourth-order valence-corrected chi connectivity index (χ4v) is 4.01. The van der Waals surface area contributed by atoms with E-state index in [2.05, 4.69) is 15.6 Å². The van der Waals surface area contributed by atoms with Crippen molar-refractivity contribution in [1.29, 1.82) is 0 Å². The molecule has 2 amide bonds. The van der Waals surface area contributed by atoms with Crippen LogP contribution in [0.25, 0.3) is 11.1 Å². The van der Waals surface area contributed by atoms with Crippen LogP contribution in [0.2, 0.25) is 0 Å². The zero-order valence-corrected chi connectivity index (χ0v) is 18.6. The highest BCUT2D eigenvalue weighted by molar-refractivity contribution is 5.94. The second kappa shape index (κ2) is 10.7. The number of hydrogen-bond donors (Lipinski definition) is 3. The zero-order chi connectivity index (χ0) is 24.9. The van der Waals surface area contributed by atoms with Crippen molar-refractivity contribution < 1.29 is 27.5 Å². The second-order valence-electron chi connectivity index (χ2n) is 8.12. The summed E-state index contributed by atoms with van der Waals surface area (Å²) < 4.78 is 47.2. The van der Waals surface area contributed by atoms with Gasteiger partial charge in [0.2, 0.25) is 5.91 Å². The predicted octanol–water partition coefficient (Wildman–Crippen LogP) is 2.65. The van der Waals surface area contributed by atoms with Crippen LogP contribution in [0.3, 0.4) is 0 Å². The molecule has 2 aromatic carbocycles. The summed E-state index contributed by atoms with van der Waals surface area (Å²) in [6.07, 6.45) is 1.52. The Morgan fingerprint density at radius 1 is 1.14 bits per heavy atom. The Kier molecular flexibility index (Phi) is 7.42. The third-order valence-corrected chi connectivity index (χ3v) is 5.63. The number of carbonyl (C=O) groups excluding carboxylic acids is 2. The smallest absolute Gasteiger partial charge is 0.251 e. The van der Waals surface area contributed by atoms with E-state index in [1.807, 2.05) is 0 Å². The summed E-state index contributed by atoms with van der Waals surface area (Å²) in [6, 6.07) is 8.89. The molecule has 0 unspecified atom stereocenters. The summed E-state index contributed by atoms with van der Waals surface area (Å²) in [7, 11) is 0. The molecular weight excluding hydrogens is 461 g/mol. The number of primary amides is 1. The highest BCUT2D eigenvalue weighted by atomic mass is 19.1. The molecule has 1 saturated heterocycles. The first-order valence-electron chi connectivity index (χ1n) is 10.9. The van der Waals surface area contributed by atoms with E-state index in [1.165, 1.54) is 30.5 Å². The minimum atomic E-state index is -0.932. The zero-order valence-electron chi connectivity index (χ0n) is 18.6. The molecule has 4 N–H and O–H groups in total. The molecule has 182 valence electrons. The molecule has 0 aliphatic carbocycles. The quantitative estimate of drug-likeness (QED) is 0.478. The Morgan fingerprint density at radius 3 is 2.60 bits per heavy atom. The predicted molar refractivity (Wildman–Crippen MR) is 122 cm³/mol. The molecule has 1 aliphatic rings. The van der Waals surface area contributed by atoms with Gasteiger partial charge in [0.15, 0.2) is 0 Å². The molecule has 0 spiro atoms. The van der Waals surface area contributed by atoms with E-state index in [1.54, 1.807) is 12.1 Å². The molecule has 2 heterocycles. The van der Waals surface area contributed by atoms with Crippen molar-refractivity contribution in [2.75, 3.05) is 19.8 Å². The van der Waals surface area contributed by atoms with E-state index >= 15 is 0 Å². The number of benzene rings is 2. The van der Waals surface area contributed by atoms with Crippen LogP contribution >= 0.6 is 0 Å². The number of amides is 2. The second-order valence-corrected chi connectivity index (χ2v) is 8.12. The van der Waals surface area contributed by atoms with Gasteiger partial charge in [-0.15, -0.1) is 0 Å². The lowest BCUT2D eigenvalue weighted by molar-refractivity contribution is -0.126. The lowest BCUT2D eigenvalue weighted by Gasteiger charge is -2.27. The van der Waals surface area contributed by atoms with Gasteiger partial charge in [-0.25, -0.2) is 13.2 Å². The van der Waals surface area contributed by atoms with Crippen molar-refractivity contribution in [1.82, 2.24) is 15.6 Å². The van der Waals surface area contributed by atoms with Crippen LogP contribution in [0, 0.1) is 17.5 Å². The summed E-state index contributed by atoms with van der Waals surface area (Å²) >= 11 is 0. The summed E-state index contributed by atoms with van der Waals surface area (Å²) in [5.41, 5.74) is 6.59. The molecule has 7 nitrogen and oxygen atoms in total. The molecule has 10 heteroatoms. The lowest BCUT2D eigenvalue weighted by atomic mass is 9.94. The van der Waals surface area contributed by atoms with Crippen LogP contribution < -0.4 is 16.4 Å². The average Bonchev–Trinajstić information content (AvgIpc) is 2.83. The molecule has 2 atom stereocenters. The van der Waals surface area contributed by atoms with Crippen LogP contribution in [0.4, 0.5) is 13.2 Å². The van der Waals surface area contributed by atoms with Crippen molar-refractivity contribution in [3.8, 4) is 11.1 Å². The highest BCUT2D eigenvalue weighted by Gasteiger charge is 2.27. The Hall–Kier alpha value is -3.76. The largest absolute Gasteiger partial charge is 0.378 e. The fraction of sp³-hybridized carbons (Fsp3) is 0.240. The third kappa shape index (κ3) is 5.84. The number of hydrogen-bond acceptors (Lipinski definition) is 5. The Labute approximate surface area is 199 Å². The van der Waals surface area contributed by atoms with E-state index in [9.17, 15) is 22.8 Å². The van der Waals surface area contributed by atoms with Gasteiger partial charge < -0.3 is 21.1 Å². The first-order chi connectivity index (χ1) is 16.8. The maximum absolute atomic E-state index is 14.1. The molecule has 35 heavy (non-hydrogen) atoms. The van der Waals surface area contributed by atoms with Crippen LogP contribution in [0.5, 0.6) is 0 Å². The van der Waals surface area contributed by atoms with E-state index in [0.29, 0.717) is 35.5 Å². The van der Waals surface area contributed by atoms with Crippen molar-refractivity contribution in [2.24, 2.45) is 5.73 Å². The Bertz CT molecular complexity index is 1230. The number of halogens is 3. The molecule has 1 fully saturated rings. The number of nitrogens with two attached hydrogens (primary N) is 1. The summed E-state index contributed by atoms with van der Waals surface area (Å²) in [4.78, 5) is 29.1. The van der Waals surface area contributed by atoms with E-state index in [4.69, 9.17) is 10.5 Å². The molecule has 0 radical (unpaired) electrons. The highest BCUT2D eigenvalue weighted by Crippen LogP contribution is 2.30. The van der Waals surface area contributed by atoms with Gasteiger partial charge in [0.25, 0.3) is 5.91 Å². The van der Waals surface area contributed by atoms with Crippen LogP contribution in [-0.4, -0.2) is 42.6 Å². The van der Waals surface area contributed by atoms with Gasteiger partial charge in [-0.2, -0.15) is 0 Å². The molecule has 1 aromatic heterocycles. The molecule has 1 aliphatic heterocycles. The molecule has 3 aromatic rings. The van der Waals surface area contributed by atoms with Crippen molar-refractivity contribution in [2.45, 2.75) is 18.5 Å². The number of ether oxygens (including phenoxy) is 1. The van der Waals surface area contributed by atoms with E-state index in [-0.39, 0.29) is 24.5 Å². The maximum atomic E-state index is 14.1. The third-order valence-electron chi connectivity index (χ3n) is 5.63. The van der Waals surface area contributed by atoms with Gasteiger partial charge in [0, 0.05) is 24.4 Å². The number of nitrogens with one attached hydrogen (secondary N) is 2. The normalized spacial score (nSPS) is 16.5. The van der Waals surface area contributed by atoms with Crippen LogP contribution in [-0.2, 0) is 16.0 Å². The fourth-order valence-electron chi connectivity index (χ4n) is 4.01. The maximum Gasteiger partial charge on any atom is 0.251 e. The summed E-state index contributed by atoms with van der Waals surface area (Å²) in [6.45, 7) is 1.15. The Morgan fingerprint density at radius 2 is 1.91 bits per heavy atom. The monoisotopic (exact) mass is 484 g/mol. The van der Waals surface area contributed by atoms with Gasteiger partial charge in [-0.3, -0.25) is 14.6 Å². The van der Waals surface area contributed by atoms with Gasteiger partial charge in [0.05, 0.1) is 30.5 Å².